The van der Waals surface area contributed by atoms with E-state index in [-0.39, 0.29) is 17.2 Å². The van der Waals surface area contributed by atoms with Gasteiger partial charge in [-0.15, -0.1) is 0 Å². The SMILES string of the molecule is CCc1cc(OC)c(C(=O)O)cc1C(=O)N(C)C. The quantitative estimate of drug-likeness (QED) is 0.883. The molecule has 1 aromatic carbocycles. The Morgan fingerprint density at radius 2 is 1.89 bits per heavy atom. The van der Waals surface area contributed by atoms with Gasteiger partial charge >= 0.3 is 5.97 Å². The van der Waals surface area contributed by atoms with E-state index in [1.165, 1.54) is 18.1 Å². The Hall–Kier alpha value is -2.04. The van der Waals surface area contributed by atoms with Crippen LogP contribution >= 0.6 is 0 Å². The Morgan fingerprint density at radius 1 is 1.28 bits per heavy atom. The molecule has 18 heavy (non-hydrogen) atoms. The van der Waals surface area contributed by atoms with Crippen LogP contribution in [0.15, 0.2) is 12.1 Å². The summed E-state index contributed by atoms with van der Waals surface area (Å²) in [5.41, 5.74) is 1.18. The van der Waals surface area contributed by atoms with E-state index in [0.29, 0.717) is 12.0 Å². The van der Waals surface area contributed by atoms with Crippen LogP contribution in [0, 0.1) is 0 Å². The lowest BCUT2D eigenvalue weighted by molar-refractivity contribution is 0.0693. The second kappa shape index (κ2) is 5.53. The third-order valence-corrected chi connectivity index (χ3v) is 2.67. The fourth-order valence-electron chi connectivity index (χ4n) is 1.69. The fourth-order valence-corrected chi connectivity index (χ4v) is 1.69. The number of hydrogen-bond donors (Lipinski definition) is 1. The third-order valence-electron chi connectivity index (χ3n) is 2.67. The molecule has 0 saturated heterocycles. The minimum atomic E-state index is -1.11. The maximum Gasteiger partial charge on any atom is 0.339 e. The summed E-state index contributed by atoms with van der Waals surface area (Å²) in [6.07, 6.45) is 0.630. The van der Waals surface area contributed by atoms with Crippen molar-refractivity contribution in [3.8, 4) is 5.75 Å². The minimum absolute atomic E-state index is 0.0000926. The fraction of sp³-hybridized carbons (Fsp3) is 0.385. The number of methoxy groups -OCH3 is 1. The highest BCUT2D eigenvalue weighted by Crippen LogP contribution is 2.25. The Labute approximate surface area is 106 Å². The summed E-state index contributed by atoms with van der Waals surface area (Å²) in [6, 6.07) is 2.99. The standard InChI is InChI=1S/C13H17NO4/c1-5-8-6-11(18-4)10(13(16)17)7-9(8)12(15)14(2)3/h6-7H,5H2,1-4H3,(H,16,17). The van der Waals surface area contributed by atoms with Crippen molar-refractivity contribution in [2.45, 2.75) is 13.3 Å². The molecule has 0 radical (unpaired) electrons. The number of aromatic carboxylic acids is 1. The number of carboxylic acids is 1. The van der Waals surface area contributed by atoms with Crippen molar-refractivity contribution in [3.63, 3.8) is 0 Å². The van der Waals surface area contributed by atoms with Gasteiger partial charge in [-0.25, -0.2) is 4.79 Å². The molecule has 0 saturated carbocycles. The molecule has 0 aliphatic carbocycles. The lowest BCUT2D eigenvalue weighted by Crippen LogP contribution is -2.23. The van der Waals surface area contributed by atoms with Crippen LogP contribution in [0.5, 0.6) is 5.75 Å². The third kappa shape index (κ3) is 2.61. The molecule has 5 nitrogen and oxygen atoms in total. The summed E-state index contributed by atoms with van der Waals surface area (Å²) in [4.78, 5) is 24.5. The van der Waals surface area contributed by atoms with Crippen LogP contribution in [0.4, 0.5) is 0 Å². The molecule has 1 N–H and O–H groups in total. The van der Waals surface area contributed by atoms with Gasteiger partial charge in [0.25, 0.3) is 5.91 Å². The molecule has 0 heterocycles. The highest BCUT2D eigenvalue weighted by molar-refractivity contribution is 6.00. The molecule has 5 heteroatoms. The van der Waals surface area contributed by atoms with Crippen molar-refractivity contribution in [3.05, 3.63) is 28.8 Å². The summed E-state index contributed by atoms with van der Waals surface area (Å²) >= 11 is 0. The highest BCUT2D eigenvalue weighted by Gasteiger charge is 2.19. The summed E-state index contributed by atoms with van der Waals surface area (Å²) in [5.74, 6) is -1.05. The van der Waals surface area contributed by atoms with E-state index in [1.54, 1.807) is 20.2 Å². The van der Waals surface area contributed by atoms with Crippen molar-refractivity contribution < 1.29 is 19.4 Å². The largest absolute Gasteiger partial charge is 0.496 e. The number of ether oxygens (including phenoxy) is 1. The van der Waals surface area contributed by atoms with Crippen LogP contribution in [0.3, 0.4) is 0 Å². The van der Waals surface area contributed by atoms with Crippen LogP contribution < -0.4 is 4.74 Å². The van der Waals surface area contributed by atoms with Crippen molar-refractivity contribution in [2.24, 2.45) is 0 Å². The van der Waals surface area contributed by atoms with Crippen molar-refractivity contribution in [1.82, 2.24) is 4.90 Å². The number of carbonyl (C=O) groups is 2. The van der Waals surface area contributed by atoms with Gasteiger partial charge in [0.1, 0.15) is 11.3 Å². The zero-order valence-corrected chi connectivity index (χ0v) is 11.0. The predicted molar refractivity (Wildman–Crippen MR) is 67.3 cm³/mol. The molecular weight excluding hydrogens is 234 g/mol. The van der Waals surface area contributed by atoms with Gasteiger partial charge < -0.3 is 14.7 Å². The van der Waals surface area contributed by atoms with E-state index in [9.17, 15) is 9.59 Å². The molecule has 0 bridgehead atoms. The van der Waals surface area contributed by atoms with Gasteiger partial charge in [-0.3, -0.25) is 4.79 Å². The van der Waals surface area contributed by atoms with Gasteiger partial charge in [0.15, 0.2) is 0 Å². The van der Waals surface area contributed by atoms with Crippen LogP contribution in [0.25, 0.3) is 0 Å². The molecule has 1 rings (SSSR count). The van der Waals surface area contributed by atoms with Gasteiger partial charge in [-0.2, -0.15) is 0 Å². The van der Waals surface area contributed by atoms with Gasteiger partial charge in [0, 0.05) is 19.7 Å². The second-order valence-electron chi connectivity index (χ2n) is 4.07. The normalized spacial score (nSPS) is 10.0. The molecule has 0 aliphatic heterocycles. The van der Waals surface area contributed by atoms with Crippen LogP contribution in [-0.2, 0) is 6.42 Å². The smallest absolute Gasteiger partial charge is 0.339 e. The molecule has 0 fully saturated rings. The zero-order chi connectivity index (χ0) is 13.9. The van der Waals surface area contributed by atoms with Crippen molar-refractivity contribution in [2.75, 3.05) is 21.2 Å². The molecule has 0 spiro atoms. The first-order chi connectivity index (χ1) is 8.42. The minimum Gasteiger partial charge on any atom is -0.496 e. The van der Waals surface area contributed by atoms with Gasteiger partial charge in [-0.05, 0) is 24.1 Å². The molecule has 0 atom stereocenters. The molecule has 98 valence electrons. The number of carboxylic acid groups (broad SMARTS) is 1. The predicted octanol–water partition coefficient (Wildman–Crippen LogP) is 1.66. The Morgan fingerprint density at radius 3 is 2.28 bits per heavy atom. The van der Waals surface area contributed by atoms with Gasteiger partial charge in [0.05, 0.1) is 7.11 Å². The van der Waals surface area contributed by atoms with Crippen molar-refractivity contribution in [1.29, 1.82) is 0 Å². The highest BCUT2D eigenvalue weighted by atomic mass is 16.5. The number of hydrogen-bond acceptors (Lipinski definition) is 3. The average Bonchev–Trinajstić information content (AvgIpc) is 2.35. The molecule has 0 unspecified atom stereocenters. The first-order valence-electron chi connectivity index (χ1n) is 5.58. The number of amides is 1. The molecule has 0 aliphatic rings. The topological polar surface area (TPSA) is 66.8 Å². The van der Waals surface area contributed by atoms with E-state index in [4.69, 9.17) is 9.84 Å². The average molecular weight is 251 g/mol. The second-order valence-corrected chi connectivity index (χ2v) is 4.07. The maximum absolute atomic E-state index is 12.0. The van der Waals surface area contributed by atoms with E-state index >= 15 is 0 Å². The zero-order valence-electron chi connectivity index (χ0n) is 11.0. The number of nitrogens with zero attached hydrogens (tertiary/aromatic N) is 1. The van der Waals surface area contributed by atoms with Crippen LogP contribution in [0.2, 0.25) is 0 Å². The van der Waals surface area contributed by atoms with E-state index in [2.05, 4.69) is 0 Å². The Kier molecular flexibility index (Phi) is 4.31. The van der Waals surface area contributed by atoms with Gasteiger partial charge in [0.2, 0.25) is 0 Å². The molecule has 0 aromatic heterocycles. The summed E-state index contributed by atoms with van der Waals surface area (Å²) in [5, 5.41) is 9.10. The summed E-state index contributed by atoms with van der Waals surface area (Å²) < 4.78 is 5.04. The Bertz CT molecular complexity index is 480. The van der Waals surface area contributed by atoms with E-state index < -0.39 is 5.97 Å². The molecular formula is C13H17NO4. The van der Waals surface area contributed by atoms with Gasteiger partial charge in [-0.1, -0.05) is 6.92 Å². The lowest BCUT2D eigenvalue weighted by Gasteiger charge is -2.16. The summed E-state index contributed by atoms with van der Waals surface area (Å²) in [6.45, 7) is 1.90. The Balaban J connectivity index is 3.46. The first-order valence-corrected chi connectivity index (χ1v) is 5.58. The summed E-state index contributed by atoms with van der Waals surface area (Å²) in [7, 11) is 4.67. The maximum atomic E-state index is 12.0. The number of aryl methyl sites for hydroxylation is 1. The molecule has 1 aromatic rings. The lowest BCUT2D eigenvalue weighted by atomic mass is 10.00. The van der Waals surface area contributed by atoms with E-state index in [0.717, 1.165) is 5.56 Å². The van der Waals surface area contributed by atoms with Crippen LogP contribution in [0.1, 0.15) is 33.2 Å². The first kappa shape index (κ1) is 14.0. The van der Waals surface area contributed by atoms with Crippen LogP contribution in [-0.4, -0.2) is 43.1 Å². The number of rotatable bonds is 4. The number of benzene rings is 1. The van der Waals surface area contributed by atoms with E-state index in [1.807, 2.05) is 6.92 Å². The number of carbonyl (C=O) groups excluding carboxylic acids is 1. The monoisotopic (exact) mass is 251 g/mol. The molecule has 1 amide bonds. The van der Waals surface area contributed by atoms with Crippen molar-refractivity contribution >= 4 is 11.9 Å².